The number of nitrogens with zero attached hydrogens (tertiary/aromatic N) is 4. The molecule has 2 rings (SSSR count). The summed E-state index contributed by atoms with van der Waals surface area (Å²) in [5, 5.41) is 7.78. The predicted molar refractivity (Wildman–Crippen MR) is 53.4 cm³/mol. The second-order valence-electron chi connectivity index (χ2n) is 3.97. The molecule has 1 aromatic heterocycles. The number of nitrogens with two attached hydrogens (primary N) is 1. The molecule has 78 valence electrons. The van der Waals surface area contributed by atoms with Crippen LogP contribution in [-0.2, 0) is 13.6 Å². The van der Waals surface area contributed by atoms with E-state index in [1.807, 2.05) is 17.9 Å². The van der Waals surface area contributed by atoms with Crippen LogP contribution in [0.15, 0.2) is 6.20 Å². The second-order valence-corrected chi connectivity index (χ2v) is 3.97. The highest BCUT2D eigenvalue weighted by atomic mass is 15.4. The summed E-state index contributed by atoms with van der Waals surface area (Å²) in [5.74, 6) is 0.677. The maximum absolute atomic E-state index is 5.64. The molecule has 0 bridgehead atoms. The molecule has 1 saturated heterocycles. The number of rotatable bonds is 3. The molecule has 0 amide bonds. The van der Waals surface area contributed by atoms with Crippen molar-refractivity contribution in [1.82, 2.24) is 19.9 Å². The summed E-state index contributed by atoms with van der Waals surface area (Å²) in [4.78, 5) is 2.41. The van der Waals surface area contributed by atoms with Crippen LogP contribution in [0, 0.1) is 5.92 Å². The van der Waals surface area contributed by atoms with Gasteiger partial charge in [-0.1, -0.05) is 5.21 Å². The first-order valence-electron chi connectivity index (χ1n) is 5.05. The molecule has 2 heterocycles. The maximum atomic E-state index is 5.64. The molecule has 5 nitrogen and oxygen atoms in total. The smallest absolute Gasteiger partial charge is 0.0738 e. The van der Waals surface area contributed by atoms with E-state index in [2.05, 4.69) is 15.2 Å². The Hall–Kier alpha value is -0.940. The predicted octanol–water partition coefficient (Wildman–Crippen LogP) is -0.404. The molecule has 5 heteroatoms. The Morgan fingerprint density at radius 2 is 2.50 bits per heavy atom. The quantitative estimate of drug-likeness (QED) is 0.712. The zero-order chi connectivity index (χ0) is 9.97. The van der Waals surface area contributed by atoms with Gasteiger partial charge in [-0.05, 0) is 25.4 Å². The summed E-state index contributed by atoms with van der Waals surface area (Å²) >= 11 is 0. The van der Waals surface area contributed by atoms with Gasteiger partial charge >= 0.3 is 0 Å². The van der Waals surface area contributed by atoms with Crippen LogP contribution in [0.2, 0.25) is 0 Å². The van der Waals surface area contributed by atoms with Gasteiger partial charge < -0.3 is 5.73 Å². The van der Waals surface area contributed by atoms with Gasteiger partial charge in [-0.15, -0.1) is 5.10 Å². The molecule has 0 aliphatic carbocycles. The SMILES string of the molecule is Cn1nncc1CN1CCC(CN)C1. The molecule has 0 radical (unpaired) electrons. The Morgan fingerprint density at radius 3 is 3.07 bits per heavy atom. The first-order chi connectivity index (χ1) is 6.79. The Bertz CT molecular complexity index is 295. The number of hydrogen-bond donors (Lipinski definition) is 1. The van der Waals surface area contributed by atoms with Gasteiger partial charge in [-0.2, -0.15) is 0 Å². The standard InChI is InChI=1S/C9H17N5/c1-13-9(5-11-12-13)7-14-3-2-8(4-10)6-14/h5,8H,2-4,6-7,10H2,1H3. The van der Waals surface area contributed by atoms with Crippen molar-refractivity contribution in [1.29, 1.82) is 0 Å². The van der Waals surface area contributed by atoms with Crippen molar-refractivity contribution in [2.75, 3.05) is 19.6 Å². The zero-order valence-corrected chi connectivity index (χ0v) is 8.56. The van der Waals surface area contributed by atoms with E-state index in [-0.39, 0.29) is 0 Å². The largest absolute Gasteiger partial charge is 0.330 e. The van der Waals surface area contributed by atoms with Crippen LogP contribution in [0.5, 0.6) is 0 Å². The molecule has 1 atom stereocenters. The first-order valence-corrected chi connectivity index (χ1v) is 5.05. The molecule has 0 aromatic carbocycles. The van der Waals surface area contributed by atoms with Gasteiger partial charge in [-0.25, -0.2) is 0 Å². The van der Waals surface area contributed by atoms with Gasteiger partial charge in [0.25, 0.3) is 0 Å². The van der Waals surface area contributed by atoms with Crippen molar-refractivity contribution in [3.63, 3.8) is 0 Å². The van der Waals surface area contributed by atoms with E-state index in [1.165, 1.54) is 12.1 Å². The molecule has 1 aliphatic rings. The van der Waals surface area contributed by atoms with E-state index in [0.29, 0.717) is 5.92 Å². The molecule has 1 aromatic rings. The highest BCUT2D eigenvalue weighted by Gasteiger charge is 2.21. The van der Waals surface area contributed by atoms with Crippen molar-refractivity contribution in [3.05, 3.63) is 11.9 Å². The van der Waals surface area contributed by atoms with Crippen LogP contribution in [0.3, 0.4) is 0 Å². The Morgan fingerprint density at radius 1 is 1.64 bits per heavy atom. The normalized spacial score (nSPS) is 23.1. The van der Waals surface area contributed by atoms with E-state index in [9.17, 15) is 0 Å². The fourth-order valence-electron chi connectivity index (χ4n) is 1.93. The van der Waals surface area contributed by atoms with E-state index in [4.69, 9.17) is 5.73 Å². The minimum absolute atomic E-state index is 0.677. The number of aryl methyl sites for hydroxylation is 1. The Labute approximate surface area is 83.9 Å². The monoisotopic (exact) mass is 195 g/mol. The van der Waals surface area contributed by atoms with Crippen LogP contribution >= 0.6 is 0 Å². The van der Waals surface area contributed by atoms with E-state index in [0.717, 1.165) is 26.2 Å². The Kier molecular flexibility index (Phi) is 2.79. The lowest BCUT2D eigenvalue weighted by Gasteiger charge is -2.14. The molecular formula is C9H17N5. The third-order valence-electron chi connectivity index (χ3n) is 2.90. The van der Waals surface area contributed by atoms with E-state index < -0.39 is 0 Å². The fraction of sp³-hybridized carbons (Fsp3) is 0.778. The fourth-order valence-corrected chi connectivity index (χ4v) is 1.93. The van der Waals surface area contributed by atoms with Gasteiger partial charge in [0.15, 0.2) is 0 Å². The molecule has 2 N–H and O–H groups in total. The number of aromatic nitrogens is 3. The minimum atomic E-state index is 0.677. The van der Waals surface area contributed by atoms with Crippen molar-refractivity contribution >= 4 is 0 Å². The third-order valence-corrected chi connectivity index (χ3v) is 2.90. The average Bonchev–Trinajstić information content (AvgIpc) is 2.77. The summed E-state index contributed by atoms with van der Waals surface area (Å²) in [6.07, 6.45) is 3.05. The number of likely N-dealkylation sites (tertiary alicyclic amines) is 1. The minimum Gasteiger partial charge on any atom is -0.330 e. The van der Waals surface area contributed by atoms with Crippen LogP contribution in [0.4, 0.5) is 0 Å². The molecule has 14 heavy (non-hydrogen) atoms. The zero-order valence-electron chi connectivity index (χ0n) is 8.56. The molecule has 0 saturated carbocycles. The average molecular weight is 195 g/mol. The lowest BCUT2D eigenvalue weighted by atomic mass is 10.1. The Balaban J connectivity index is 1.90. The molecule has 1 fully saturated rings. The van der Waals surface area contributed by atoms with E-state index >= 15 is 0 Å². The maximum Gasteiger partial charge on any atom is 0.0738 e. The molecular weight excluding hydrogens is 178 g/mol. The van der Waals surface area contributed by atoms with Crippen LogP contribution in [-0.4, -0.2) is 39.5 Å². The first kappa shape index (κ1) is 9.61. The van der Waals surface area contributed by atoms with Crippen molar-refractivity contribution < 1.29 is 0 Å². The summed E-state index contributed by atoms with van der Waals surface area (Å²) < 4.78 is 1.83. The topological polar surface area (TPSA) is 60.0 Å². The van der Waals surface area contributed by atoms with E-state index in [1.54, 1.807) is 0 Å². The van der Waals surface area contributed by atoms with Crippen LogP contribution in [0.1, 0.15) is 12.1 Å². The summed E-state index contributed by atoms with van der Waals surface area (Å²) in [7, 11) is 1.93. The summed E-state index contributed by atoms with van der Waals surface area (Å²) in [6.45, 7) is 4.01. The van der Waals surface area contributed by atoms with Crippen molar-refractivity contribution in [2.45, 2.75) is 13.0 Å². The molecule has 1 unspecified atom stereocenters. The van der Waals surface area contributed by atoms with Crippen molar-refractivity contribution in [2.24, 2.45) is 18.7 Å². The highest BCUT2D eigenvalue weighted by molar-refractivity contribution is 4.94. The second kappa shape index (κ2) is 4.06. The summed E-state index contributed by atoms with van der Waals surface area (Å²) in [5.41, 5.74) is 6.81. The van der Waals surface area contributed by atoms with Crippen LogP contribution in [0.25, 0.3) is 0 Å². The van der Waals surface area contributed by atoms with Gasteiger partial charge in [0.05, 0.1) is 11.9 Å². The van der Waals surface area contributed by atoms with Crippen molar-refractivity contribution in [3.8, 4) is 0 Å². The highest BCUT2D eigenvalue weighted by Crippen LogP contribution is 2.16. The van der Waals surface area contributed by atoms with Crippen LogP contribution < -0.4 is 5.73 Å². The third kappa shape index (κ3) is 1.93. The van der Waals surface area contributed by atoms with Gasteiger partial charge in [0.2, 0.25) is 0 Å². The molecule has 1 aliphatic heterocycles. The summed E-state index contributed by atoms with van der Waals surface area (Å²) in [6, 6.07) is 0. The van der Waals surface area contributed by atoms with Gasteiger partial charge in [0, 0.05) is 20.1 Å². The lowest BCUT2D eigenvalue weighted by Crippen LogP contribution is -2.23. The number of hydrogen-bond acceptors (Lipinski definition) is 4. The van der Waals surface area contributed by atoms with Gasteiger partial charge in [-0.3, -0.25) is 9.58 Å². The lowest BCUT2D eigenvalue weighted by molar-refractivity contribution is 0.308. The molecule has 0 spiro atoms. The van der Waals surface area contributed by atoms with Gasteiger partial charge in [0.1, 0.15) is 0 Å².